The second-order valence-electron chi connectivity index (χ2n) is 3.01. The van der Waals surface area contributed by atoms with Gasteiger partial charge in [0.1, 0.15) is 0 Å². The highest BCUT2D eigenvalue weighted by molar-refractivity contribution is 6.12. The number of carbonyl (C=O) groups is 3. The second-order valence-corrected chi connectivity index (χ2v) is 3.01. The first kappa shape index (κ1) is 12.2. The van der Waals surface area contributed by atoms with Gasteiger partial charge < -0.3 is 4.74 Å². The first-order valence-corrected chi connectivity index (χ1v) is 4.62. The van der Waals surface area contributed by atoms with Crippen LogP contribution in [-0.4, -0.2) is 42.4 Å². The molecule has 0 aromatic rings. The summed E-state index contributed by atoms with van der Waals surface area (Å²) in [5.74, 6) is -1.53. The molecule has 7 heteroatoms. The van der Waals surface area contributed by atoms with Gasteiger partial charge in [-0.15, -0.1) is 4.91 Å². The predicted octanol–water partition coefficient (Wildman–Crippen LogP) is -0.389. The van der Waals surface area contributed by atoms with Gasteiger partial charge in [0.25, 0.3) is 17.7 Å². The van der Waals surface area contributed by atoms with Gasteiger partial charge in [-0.2, -0.15) is 0 Å². The molecule has 0 radical (unpaired) electrons. The van der Waals surface area contributed by atoms with Crippen molar-refractivity contribution in [3.05, 3.63) is 17.1 Å². The van der Waals surface area contributed by atoms with E-state index in [4.69, 9.17) is 4.74 Å². The van der Waals surface area contributed by atoms with E-state index in [1.54, 1.807) is 0 Å². The average molecular weight is 226 g/mol. The third kappa shape index (κ3) is 3.35. The van der Waals surface area contributed by atoms with Gasteiger partial charge >= 0.3 is 0 Å². The fourth-order valence-corrected chi connectivity index (χ4v) is 1.11. The molecule has 1 heterocycles. The highest BCUT2D eigenvalue weighted by Crippen LogP contribution is 2.02. The zero-order valence-electron chi connectivity index (χ0n) is 8.42. The first-order chi connectivity index (χ1) is 7.65. The van der Waals surface area contributed by atoms with Crippen LogP contribution in [0.2, 0.25) is 0 Å². The van der Waals surface area contributed by atoms with Crippen molar-refractivity contribution in [2.45, 2.75) is 6.42 Å². The Bertz CT molecular complexity index is 332. The van der Waals surface area contributed by atoms with Crippen LogP contribution in [0.5, 0.6) is 0 Å². The van der Waals surface area contributed by atoms with Gasteiger partial charge in [-0.25, -0.2) is 0 Å². The molecule has 1 rings (SSSR count). The van der Waals surface area contributed by atoms with Crippen molar-refractivity contribution in [2.75, 3.05) is 19.8 Å². The maximum Gasteiger partial charge on any atom is 0.288 e. The predicted molar refractivity (Wildman–Crippen MR) is 52.1 cm³/mol. The molecule has 1 aliphatic heterocycles. The van der Waals surface area contributed by atoms with Gasteiger partial charge in [0, 0.05) is 17.3 Å². The van der Waals surface area contributed by atoms with E-state index >= 15 is 0 Å². The quantitative estimate of drug-likeness (QED) is 0.349. The minimum absolute atomic E-state index is 0.0498. The van der Waals surface area contributed by atoms with E-state index in [1.165, 1.54) is 12.2 Å². The molecule has 16 heavy (non-hydrogen) atoms. The van der Waals surface area contributed by atoms with Crippen molar-refractivity contribution in [1.82, 2.24) is 4.90 Å². The monoisotopic (exact) mass is 226 g/mol. The highest BCUT2D eigenvalue weighted by atomic mass is 16.5. The summed E-state index contributed by atoms with van der Waals surface area (Å²) >= 11 is 0. The summed E-state index contributed by atoms with van der Waals surface area (Å²) in [4.78, 5) is 43.3. The molecule has 0 aromatic heterocycles. The molecular formula is C9H10N2O5. The smallest absolute Gasteiger partial charge is 0.288 e. The number of ether oxygens (including phenoxy) is 1. The molecule has 0 aliphatic carbocycles. The molecule has 3 amide bonds. The summed E-state index contributed by atoms with van der Waals surface area (Å²) in [5, 5.41) is 2.19. The van der Waals surface area contributed by atoms with Crippen LogP contribution < -0.4 is 0 Å². The number of hydrogen-bond donors (Lipinski definition) is 0. The number of rotatable bonds is 6. The Morgan fingerprint density at radius 2 is 1.88 bits per heavy atom. The van der Waals surface area contributed by atoms with E-state index in [1.807, 2.05) is 0 Å². The Labute approximate surface area is 91.0 Å². The van der Waals surface area contributed by atoms with Gasteiger partial charge in [-0.3, -0.25) is 19.3 Å². The molecule has 0 saturated heterocycles. The van der Waals surface area contributed by atoms with E-state index < -0.39 is 5.91 Å². The number of amides is 3. The number of carbonyl (C=O) groups excluding carboxylic acids is 3. The van der Waals surface area contributed by atoms with Crippen LogP contribution in [0.15, 0.2) is 17.3 Å². The number of imide groups is 1. The number of nitroso groups, excluding NO2 is 1. The van der Waals surface area contributed by atoms with Crippen molar-refractivity contribution < 1.29 is 19.1 Å². The molecule has 0 spiro atoms. The lowest BCUT2D eigenvalue weighted by atomic mass is 10.4. The van der Waals surface area contributed by atoms with Crippen molar-refractivity contribution >= 4 is 17.7 Å². The van der Waals surface area contributed by atoms with Crippen LogP contribution in [0.4, 0.5) is 0 Å². The van der Waals surface area contributed by atoms with E-state index in [0.717, 1.165) is 4.90 Å². The van der Waals surface area contributed by atoms with E-state index in [-0.39, 0.29) is 38.0 Å². The zero-order chi connectivity index (χ0) is 12.0. The van der Waals surface area contributed by atoms with E-state index in [0.29, 0.717) is 0 Å². The van der Waals surface area contributed by atoms with Crippen molar-refractivity contribution in [3.63, 3.8) is 0 Å². The topological polar surface area (TPSA) is 93.1 Å². The van der Waals surface area contributed by atoms with Gasteiger partial charge in [-0.05, 0) is 0 Å². The molecule has 0 atom stereocenters. The van der Waals surface area contributed by atoms with Gasteiger partial charge in [0.15, 0.2) is 0 Å². The Balaban J connectivity index is 2.12. The van der Waals surface area contributed by atoms with E-state index in [2.05, 4.69) is 5.18 Å². The maximum absolute atomic E-state index is 11.1. The molecule has 86 valence electrons. The lowest BCUT2D eigenvalue weighted by Gasteiger charge is -2.12. The van der Waals surface area contributed by atoms with Gasteiger partial charge in [0.05, 0.1) is 26.2 Å². The van der Waals surface area contributed by atoms with Crippen molar-refractivity contribution in [1.29, 1.82) is 0 Å². The SMILES string of the molecule is O=NC(=O)CCOCCN1C(=O)C=CC1=O. The normalized spacial score (nSPS) is 14.6. The fraction of sp³-hybridized carbons (Fsp3) is 0.444. The Kier molecular flexibility index (Phi) is 4.46. The minimum atomic E-state index is -0.782. The van der Waals surface area contributed by atoms with Crippen LogP contribution in [0.3, 0.4) is 0 Å². The summed E-state index contributed by atoms with van der Waals surface area (Å²) in [6.07, 6.45) is 2.27. The highest BCUT2D eigenvalue weighted by Gasteiger charge is 2.22. The maximum atomic E-state index is 11.1. The number of nitrogens with zero attached hydrogens (tertiary/aromatic N) is 2. The van der Waals surface area contributed by atoms with Gasteiger partial charge in [-0.1, -0.05) is 0 Å². The van der Waals surface area contributed by atoms with Crippen molar-refractivity contribution in [3.8, 4) is 0 Å². The molecule has 0 bridgehead atoms. The van der Waals surface area contributed by atoms with Crippen LogP contribution in [0, 0.1) is 4.91 Å². The molecule has 0 unspecified atom stereocenters. The summed E-state index contributed by atoms with van der Waals surface area (Å²) in [5.41, 5.74) is 0. The largest absolute Gasteiger partial charge is 0.379 e. The summed E-state index contributed by atoms with van der Waals surface area (Å²) in [7, 11) is 0. The Morgan fingerprint density at radius 3 is 2.44 bits per heavy atom. The van der Waals surface area contributed by atoms with Crippen LogP contribution in [0.25, 0.3) is 0 Å². The third-order valence-corrected chi connectivity index (χ3v) is 1.92. The van der Waals surface area contributed by atoms with Gasteiger partial charge in [0.2, 0.25) is 0 Å². The van der Waals surface area contributed by atoms with Crippen LogP contribution in [-0.2, 0) is 19.1 Å². The lowest BCUT2D eigenvalue weighted by molar-refractivity contribution is -0.137. The zero-order valence-corrected chi connectivity index (χ0v) is 8.42. The summed E-state index contributed by atoms with van der Waals surface area (Å²) in [6.45, 7) is 0.312. The number of hydrogen-bond acceptors (Lipinski definition) is 5. The Hall–Kier alpha value is -1.89. The summed E-state index contributed by atoms with van der Waals surface area (Å²) < 4.78 is 4.97. The molecular weight excluding hydrogens is 216 g/mol. The molecule has 0 fully saturated rings. The van der Waals surface area contributed by atoms with Crippen molar-refractivity contribution in [2.24, 2.45) is 5.18 Å². The summed E-state index contributed by atoms with van der Waals surface area (Å²) in [6, 6.07) is 0. The minimum Gasteiger partial charge on any atom is -0.379 e. The molecule has 0 aromatic carbocycles. The van der Waals surface area contributed by atoms with E-state index in [9.17, 15) is 19.3 Å². The lowest BCUT2D eigenvalue weighted by Crippen LogP contribution is -2.33. The molecule has 7 nitrogen and oxygen atoms in total. The third-order valence-electron chi connectivity index (χ3n) is 1.92. The van der Waals surface area contributed by atoms with Crippen LogP contribution in [0.1, 0.15) is 6.42 Å². The first-order valence-electron chi connectivity index (χ1n) is 4.62. The average Bonchev–Trinajstić information content (AvgIpc) is 2.59. The molecule has 0 saturated carbocycles. The molecule has 0 N–H and O–H groups in total. The Morgan fingerprint density at radius 1 is 1.25 bits per heavy atom. The fourth-order valence-electron chi connectivity index (χ4n) is 1.11. The molecule has 1 aliphatic rings. The second kappa shape index (κ2) is 5.86. The standard InChI is InChI=1S/C9H10N2O5/c12-7(10-15)3-5-16-6-4-11-8(13)1-2-9(11)14/h1-2H,3-6H2. The van der Waals surface area contributed by atoms with Crippen LogP contribution >= 0.6 is 0 Å².